The average molecular weight is 281 g/mol. The number of rotatable bonds is 6. The van der Waals surface area contributed by atoms with Crippen LogP contribution in [0.4, 0.5) is 0 Å². The van der Waals surface area contributed by atoms with Crippen LogP contribution >= 0.6 is 11.3 Å². The second-order valence-corrected chi connectivity index (χ2v) is 5.56. The molecular formula is C13H19N3O2S. The monoisotopic (exact) mass is 281 g/mol. The van der Waals surface area contributed by atoms with Crippen molar-refractivity contribution in [3.63, 3.8) is 0 Å². The molecule has 3 rings (SSSR count). The van der Waals surface area contributed by atoms with Gasteiger partial charge in [0.25, 0.3) is 0 Å². The lowest BCUT2D eigenvalue weighted by atomic mass is 10.1. The Morgan fingerprint density at radius 2 is 2.37 bits per heavy atom. The Morgan fingerprint density at radius 3 is 3.11 bits per heavy atom. The number of ether oxygens (including phenoxy) is 2. The number of nitrogens with zero attached hydrogens (tertiary/aromatic N) is 2. The Hall–Kier alpha value is -0.950. The summed E-state index contributed by atoms with van der Waals surface area (Å²) in [5, 5.41) is 5.54. The molecule has 1 atom stereocenters. The van der Waals surface area contributed by atoms with Gasteiger partial charge in [-0.2, -0.15) is 0 Å². The molecule has 1 unspecified atom stereocenters. The number of imidazole rings is 1. The van der Waals surface area contributed by atoms with Crippen LogP contribution < -0.4 is 5.32 Å². The van der Waals surface area contributed by atoms with Gasteiger partial charge in [-0.1, -0.05) is 6.92 Å². The van der Waals surface area contributed by atoms with Crippen molar-refractivity contribution in [1.29, 1.82) is 0 Å². The van der Waals surface area contributed by atoms with Crippen LogP contribution in [0.1, 0.15) is 19.0 Å². The van der Waals surface area contributed by atoms with Gasteiger partial charge in [0, 0.05) is 36.7 Å². The van der Waals surface area contributed by atoms with Crippen LogP contribution in [0.5, 0.6) is 0 Å². The van der Waals surface area contributed by atoms with E-state index in [1.165, 1.54) is 0 Å². The Labute approximate surface area is 116 Å². The minimum atomic E-state index is -0.0622. The summed E-state index contributed by atoms with van der Waals surface area (Å²) in [5.74, 6) is 0. The average Bonchev–Trinajstić information content (AvgIpc) is 3.05. The molecule has 1 aliphatic rings. The van der Waals surface area contributed by atoms with Crippen molar-refractivity contribution in [2.75, 3.05) is 19.8 Å². The van der Waals surface area contributed by atoms with Crippen LogP contribution in [0.2, 0.25) is 0 Å². The van der Waals surface area contributed by atoms with Crippen LogP contribution in [0.15, 0.2) is 17.8 Å². The van der Waals surface area contributed by atoms with E-state index >= 15 is 0 Å². The molecule has 2 aromatic heterocycles. The van der Waals surface area contributed by atoms with E-state index in [9.17, 15) is 0 Å². The molecule has 0 spiro atoms. The molecule has 0 saturated carbocycles. The standard InChI is InChI=1S/C13H19N3O2S/c1-2-14-10(8-12-17-4-5-18-12)7-11-9-16-3-6-19-13(16)15-11/h3,6,9-10,12,14H,2,4-5,7-8H2,1H3. The smallest absolute Gasteiger partial charge is 0.193 e. The quantitative estimate of drug-likeness (QED) is 0.875. The molecule has 5 nitrogen and oxygen atoms in total. The van der Waals surface area contributed by atoms with Crippen LogP contribution in [0.3, 0.4) is 0 Å². The molecule has 1 aliphatic heterocycles. The largest absolute Gasteiger partial charge is 0.350 e. The lowest BCUT2D eigenvalue weighted by molar-refractivity contribution is -0.0526. The fourth-order valence-corrected chi connectivity index (χ4v) is 3.15. The second-order valence-electron chi connectivity index (χ2n) is 4.69. The normalized spacial score (nSPS) is 18.4. The maximum absolute atomic E-state index is 5.53. The fourth-order valence-electron chi connectivity index (χ4n) is 2.43. The van der Waals surface area contributed by atoms with Gasteiger partial charge in [0.05, 0.1) is 18.9 Å². The van der Waals surface area contributed by atoms with Crippen LogP contribution in [0.25, 0.3) is 4.96 Å². The van der Waals surface area contributed by atoms with E-state index in [1.807, 2.05) is 11.6 Å². The van der Waals surface area contributed by atoms with Crippen LogP contribution in [-0.4, -0.2) is 41.5 Å². The van der Waals surface area contributed by atoms with E-state index in [-0.39, 0.29) is 6.29 Å². The van der Waals surface area contributed by atoms with Crippen molar-refractivity contribution >= 4 is 16.3 Å². The first-order valence-electron chi connectivity index (χ1n) is 6.73. The molecule has 1 fully saturated rings. The number of likely N-dealkylation sites (N-methyl/N-ethyl adjacent to an activating group) is 1. The van der Waals surface area contributed by atoms with Gasteiger partial charge < -0.3 is 14.8 Å². The van der Waals surface area contributed by atoms with Crippen molar-refractivity contribution in [3.8, 4) is 0 Å². The second kappa shape index (κ2) is 6.00. The number of hydrogen-bond acceptors (Lipinski definition) is 5. The van der Waals surface area contributed by atoms with Crippen molar-refractivity contribution in [2.24, 2.45) is 0 Å². The van der Waals surface area contributed by atoms with E-state index < -0.39 is 0 Å². The molecule has 3 heterocycles. The van der Waals surface area contributed by atoms with E-state index in [0.29, 0.717) is 19.3 Å². The zero-order chi connectivity index (χ0) is 13.1. The van der Waals surface area contributed by atoms with Gasteiger partial charge in [0.1, 0.15) is 0 Å². The van der Waals surface area contributed by atoms with Gasteiger partial charge in [0.15, 0.2) is 11.3 Å². The Balaban J connectivity index is 1.64. The zero-order valence-corrected chi connectivity index (χ0v) is 11.9. The fraction of sp³-hybridized carbons (Fsp3) is 0.615. The first-order valence-corrected chi connectivity index (χ1v) is 7.61. The summed E-state index contributed by atoms with van der Waals surface area (Å²) < 4.78 is 13.1. The number of thiazole rings is 1. The van der Waals surface area contributed by atoms with Gasteiger partial charge in [-0.25, -0.2) is 4.98 Å². The summed E-state index contributed by atoms with van der Waals surface area (Å²) in [4.78, 5) is 5.68. The molecule has 0 aromatic carbocycles. The van der Waals surface area contributed by atoms with Gasteiger partial charge in [0.2, 0.25) is 0 Å². The predicted octanol–water partition coefficient (Wildman–Crippen LogP) is 1.68. The summed E-state index contributed by atoms with van der Waals surface area (Å²) >= 11 is 1.66. The third-order valence-electron chi connectivity index (χ3n) is 3.26. The highest BCUT2D eigenvalue weighted by Gasteiger charge is 2.22. The van der Waals surface area contributed by atoms with Crippen molar-refractivity contribution < 1.29 is 9.47 Å². The maximum Gasteiger partial charge on any atom is 0.193 e. The lowest BCUT2D eigenvalue weighted by Gasteiger charge is -2.19. The SMILES string of the molecule is CCNC(Cc1cn2ccsc2n1)CC1OCCO1. The molecule has 6 heteroatoms. The molecule has 0 radical (unpaired) electrons. The predicted molar refractivity (Wildman–Crippen MR) is 74.5 cm³/mol. The van der Waals surface area contributed by atoms with Gasteiger partial charge in [-0.05, 0) is 6.54 Å². The number of nitrogens with one attached hydrogen (secondary N) is 1. The number of fused-ring (bicyclic) bond motifs is 1. The molecule has 104 valence electrons. The highest BCUT2D eigenvalue weighted by atomic mass is 32.1. The highest BCUT2D eigenvalue weighted by molar-refractivity contribution is 7.15. The summed E-state index contributed by atoms with van der Waals surface area (Å²) in [6, 6.07) is 0.345. The van der Waals surface area contributed by atoms with E-state index in [4.69, 9.17) is 9.47 Å². The molecule has 2 aromatic rings. The highest BCUT2D eigenvalue weighted by Crippen LogP contribution is 2.16. The van der Waals surface area contributed by atoms with Gasteiger partial charge >= 0.3 is 0 Å². The van der Waals surface area contributed by atoms with E-state index in [2.05, 4.69) is 27.8 Å². The number of hydrogen-bond donors (Lipinski definition) is 1. The topological polar surface area (TPSA) is 47.8 Å². The van der Waals surface area contributed by atoms with Gasteiger partial charge in [-0.15, -0.1) is 11.3 Å². The molecule has 0 aliphatic carbocycles. The van der Waals surface area contributed by atoms with Gasteiger partial charge in [-0.3, -0.25) is 4.40 Å². The van der Waals surface area contributed by atoms with Crippen molar-refractivity contribution in [1.82, 2.24) is 14.7 Å². The summed E-state index contributed by atoms with van der Waals surface area (Å²) in [7, 11) is 0. The molecular weight excluding hydrogens is 262 g/mol. The first kappa shape index (κ1) is 13.1. The third-order valence-corrected chi connectivity index (χ3v) is 4.03. The summed E-state index contributed by atoms with van der Waals surface area (Å²) in [6.45, 7) is 4.49. The Kier molecular flexibility index (Phi) is 4.12. The van der Waals surface area contributed by atoms with Crippen molar-refractivity contribution in [3.05, 3.63) is 23.5 Å². The Morgan fingerprint density at radius 1 is 1.53 bits per heavy atom. The minimum Gasteiger partial charge on any atom is -0.350 e. The molecule has 1 saturated heterocycles. The molecule has 19 heavy (non-hydrogen) atoms. The van der Waals surface area contributed by atoms with Crippen LogP contribution in [0, 0.1) is 0 Å². The minimum absolute atomic E-state index is 0.0622. The summed E-state index contributed by atoms with van der Waals surface area (Å²) in [5.41, 5.74) is 1.12. The zero-order valence-electron chi connectivity index (χ0n) is 11.0. The number of aromatic nitrogens is 2. The molecule has 1 N–H and O–H groups in total. The third kappa shape index (κ3) is 3.14. The lowest BCUT2D eigenvalue weighted by Crippen LogP contribution is -2.34. The van der Waals surface area contributed by atoms with Crippen molar-refractivity contribution in [2.45, 2.75) is 32.1 Å². The molecule has 0 bridgehead atoms. The summed E-state index contributed by atoms with van der Waals surface area (Å²) in [6.07, 6.45) is 5.87. The molecule has 0 amide bonds. The maximum atomic E-state index is 5.53. The van der Waals surface area contributed by atoms with E-state index in [1.54, 1.807) is 11.3 Å². The van der Waals surface area contributed by atoms with Crippen LogP contribution in [-0.2, 0) is 15.9 Å². The van der Waals surface area contributed by atoms with E-state index in [0.717, 1.165) is 30.0 Å². The Bertz CT molecular complexity index is 490. The first-order chi connectivity index (χ1) is 9.35.